The number of amides is 5. The first-order valence-corrected chi connectivity index (χ1v) is 23.2. The van der Waals surface area contributed by atoms with Gasteiger partial charge in [-0.3, -0.25) is 34.2 Å². The SMILES string of the molecule is CC1c2c(cc(F)c(Cl)c2-c2c(C(N)=O)ccc(OCCO)c2F)OC1(CNC1CCN(C(=O)CN2CCC(c3c(F)ccc4c(N5CCC(=O)NC5=O)nn(C)c34)CC2)CC1)c1ccccc1. The lowest BCUT2D eigenvalue weighted by molar-refractivity contribution is -0.133. The van der Waals surface area contributed by atoms with Crippen LogP contribution in [0.25, 0.3) is 22.0 Å². The van der Waals surface area contributed by atoms with Gasteiger partial charge in [-0.2, -0.15) is 5.10 Å². The van der Waals surface area contributed by atoms with Crippen LogP contribution in [-0.4, -0.2) is 114 Å². The number of nitrogens with two attached hydrogens (primary N) is 1. The number of ether oxygens (including phenoxy) is 2. The van der Waals surface area contributed by atoms with Gasteiger partial charge in [0.15, 0.2) is 23.0 Å². The maximum absolute atomic E-state index is 16.4. The van der Waals surface area contributed by atoms with Gasteiger partial charge in [0.1, 0.15) is 24.0 Å². The van der Waals surface area contributed by atoms with Crippen molar-refractivity contribution in [3.8, 4) is 22.6 Å². The van der Waals surface area contributed by atoms with Crippen molar-refractivity contribution in [3.63, 3.8) is 0 Å². The zero-order chi connectivity index (χ0) is 48.0. The van der Waals surface area contributed by atoms with Gasteiger partial charge in [-0.15, -0.1) is 0 Å². The van der Waals surface area contributed by atoms with Gasteiger partial charge in [0.25, 0.3) is 0 Å². The molecule has 0 spiro atoms. The number of piperidine rings is 2. The Balaban J connectivity index is 0.861. The summed E-state index contributed by atoms with van der Waals surface area (Å²) in [6.07, 6.45) is 2.67. The van der Waals surface area contributed by atoms with E-state index in [9.17, 15) is 24.3 Å². The van der Waals surface area contributed by atoms with Gasteiger partial charge in [0, 0.05) is 85.3 Å². The fourth-order valence-electron chi connectivity index (χ4n) is 10.5. The number of aliphatic hydroxyl groups excluding tert-OH is 1. The van der Waals surface area contributed by atoms with E-state index in [1.807, 2.05) is 42.2 Å². The molecule has 19 heteroatoms. The Morgan fingerprint density at radius 3 is 2.40 bits per heavy atom. The highest BCUT2D eigenvalue weighted by Gasteiger charge is 2.50. The molecule has 2 unspecified atom stereocenters. The van der Waals surface area contributed by atoms with Gasteiger partial charge < -0.3 is 30.5 Å². The zero-order valence-electron chi connectivity index (χ0n) is 37.6. The van der Waals surface area contributed by atoms with Gasteiger partial charge in [-0.1, -0.05) is 48.9 Å². The third-order valence-electron chi connectivity index (χ3n) is 14.0. The van der Waals surface area contributed by atoms with Crippen molar-refractivity contribution in [2.75, 3.05) is 63.9 Å². The Hall–Kier alpha value is -6.21. The molecule has 5 heterocycles. The van der Waals surface area contributed by atoms with Crippen molar-refractivity contribution in [2.45, 2.75) is 62.5 Å². The molecule has 9 rings (SSSR count). The van der Waals surface area contributed by atoms with Crippen molar-refractivity contribution in [1.82, 2.24) is 30.2 Å². The lowest BCUT2D eigenvalue weighted by Gasteiger charge is -2.39. The van der Waals surface area contributed by atoms with E-state index in [0.29, 0.717) is 79.7 Å². The molecule has 2 atom stereocenters. The first-order chi connectivity index (χ1) is 32.7. The number of aliphatic hydroxyl groups is 1. The molecule has 1 aromatic heterocycles. The molecule has 15 nitrogen and oxygen atoms in total. The van der Waals surface area contributed by atoms with Crippen molar-refractivity contribution in [1.29, 1.82) is 0 Å². The molecule has 5 aromatic rings. The summed E-state index contributed by atoms with van der Waals surface area (Å²) in [6, 6.07) is 15.5. The molecule has 5 N–H and O–H groups in total. The number of nitrogens with one attached hydrogen (secondary N) is 2. The summed E-state index contributed by atoms with van der Waals surface area (Å²) >= 11 is 6.70. The molecule has 68 heavy (non-hydrogen) atoms. The number of aromatic nitrogens is 2. The molecule has 0 aliphatic carbocycles. The number of rotatable bonds is 13. The van der Waals surface area contributed by atoms with E-state index >= 15 is 13.2 Å². The standard InChI is InChI=1S/C49H52ClF3N8O7/c1-27-39-36(24-34(52)43(50)42(39)41-31(46(54)65)9-11-35(44(41)53)67-23-22-62)68-49(27,29-6-4-3-5-7-29)26-55-30-14-19-60(20-15-30)38(64)25-59-17-12-28(13-18-59)40-33(51)10-8-32-45(40)58(2)57-47(32)61-21-16-37(63)56-48(61)66/h3-11,24,27-28,30,55,62H,12-23,25-26H2,1-2H3,(H2,54,65)(H,56,63,66). The summed E-state index contributed by atoms with van der Waals surface area (Å²) in [7, 11) is 1.72. The highest BCUT2D eigenvalue weighted by Crippen LogP contribution is 2.56. The maximum atomic E-state index is 16.4. The minimum atomic E-state index is -1.15. The Kier molecular flexibility index (Phi) is 13.1. The molecule has 358 valence electrons. The van der Waals surface area contributed by atoms with Crippen molar-refractivity contribution in [3.05, 3.63) is 105 Å². The lowest BCUT2D eigenvalue weighted by atomic mass is 9.77. The monoisotopic (exact) mass is 956 g/mol. The van der Waals surface area contributed by atoms with E-state index in [-0.39, 0.29) is 90.4 Å². The molecule has 0 bridgehead atoms. The number of carbonyl (C=O) groups is 4. The smallest absolute Gasteiger partial charge is 0.329 e. The van der Waals surface area contributed by atoms with Gasteiger partial charge in [-0.25, -0.2) is 18.0 Å². The molecule has 3 fully saturated rings. The summed E-state index contributed by atoms with van der Waals surface area (Å²) < 4.78 is 61.7. The summed E-state index contributed by atoms with van der Waals surface area (Å²) in [6.45, 7) is 4.09. The lowest BCUT2D eigenvalue weighted by Crippen LogP contribution is -2.52. The molecule has 0 radical (unpaired) electrons. The van der Waals surface area contributed by atoms with Crippen LogP contribution in [0.5, 0.6) is 11.5 Å². The topological polar surface area (TPSA) is 185 Å². The van der Waals surface area contributed by atoms with Crippen LogP contribution in [-0.2, 0) is 22.2 Å². The second kappa shape index (κ2) is 19.1. The fraction of sp³-hybridized carbons (Fsp3) is 0.408. The number of anilines is 1. The van der Waals surface area contributed by atoms with E-state index in [0.717, 1.165) is 5.56 Å². The quantitative estimate of drug-likeness (QED) is 0.108. The number of nitrogens with zero attached hydrogens (tertiary/aromatic N) is 5. The Bertz CT molecular complexity index is 2800. The van der Waals surface area contributed by atoms with Gasteiger partial charge in [0.05, 0.1) is 29.3 Å². The predicted molar refractivity (Wildman–Crippen MR) is 247 cm³/mol. The molecule has 4 aliphatic heterocycles. The third-order valence-corrected chi connectivity index (χ3v) is 14.4. The number of likely N-dealkylation sites (tertiary alicyclic amines) is 2. The predicted octanol–water partition coefficient (Wildman–Crippen LogP) is 6.08. The average molecular weight is 957 g/mol. The molecule has 4 aliphatic rings. The van der Waals surface area contributed by atoms with E-state index in [2.05, 4.69) is 20.6 Å². The van der Waals surface area contributed by atoms with E-state index < -0.39 is 46.7 Å². The minimum absolute atomic E-state index is 0.00790. The second-order valence-electron chi connectivity index (χ2n) is 17.9. The van der Waals surface area contributed by atoms with E-state index in [4.69, 9.17) is 26.8 Å². The van der Waals surface area contributed by atoms with Crippen molar-refractivity contribution >= 4 is 52.1 Å². The minimum Gasteiger partial charge on any atom is -0.488 e. The molecule has 0 saturated carbocycles. The van der Waals surface area contributed by atoms with E-state index in [1.165, 1.54) is 29.2 Å². The Labute approximate surface area is 395 Å². The summed E-state index contributed by atoms with van der Waals surface area (Å²) in [5.41, 5.74) is 6.22. The largest absolute Gasteiger partial charge is 0.488 e. The van der Waals surface area contributed by atoms with Crippen LogP contribution in [0.15, 0.2) is 60.7 Å². The number of fused-ring (bicyclic) bond motifs is 2. The number of benzene rings is 4. The highest BCUT2D eigenvalue weighted by molar-refractivity contribution is 6.34. The van der Waals surface area contributed by atoms with Gasteiger partial charge in [0.2, 0.25) is 17.7 Å². The summed E-state index contributed by atoms with van der Waals surface area (Å²) in [5.74, 6) is -4.05. The summed E-state index contributed by atoms with van der Waals surface area (Å²) in [5, 5.41) is 20.1. The number of primary amides is 1. The van der Waals surface area contributed by atoms with Crippen molar-refractivity contribution < 1.29 is 46.9 Å². The van der Waals surface area contributed by atoms with Crippen LogP contribution in [0.4, 0.5) is 23.8 Å². The fourth-order valence-corrected chi connectivity index (χ4v) is 10.8. The van der Waals surface area contributed by atoms with Gasteiger partial charge in [-0.05, 0) is 74.5 Å². The number of urea groups is 1. The average Bonchev–Trinajstić information content (AvgIpc) is 3.81. The molecule has 4 aromatic carbocycles. The Morgan fingerprint density at radius 2 is 1.71 bits per heavy atom. The number of halogens is 4. The number of hydrogen-bond donors (Lipinski definition) is 4. The van der Waals surface area contributed by atoms with Crippen molar-refractivity contribution in [2.24, 2.45) is 12.8 Å². The van der Waals surface area contributed by atoms with E-state index in [1.54, 1.807) is 17.8 Å². The molecular formula is C49H52ClF3N8O7. The van der Waals surface area contributed by atoms with Crippen LogP contribution in [0.3, 0.4) is 0 Å². The number of hydrogen-bond acceptors (Lipinski definition) is 10. The Morgan fingerprint density at radius 1 is 0.971 bits per heavy atom. The summed E-state index contributed by atoms with van der Waals surface area (Å²) in [4.78, 5) is 56.3. The van der Waals surface area contributed by atoms with Gasteiger partial charge >= 0.3 is 6.03 Å². The van der Waals surface area contributed by atoms with Crippen LogP contribution >= 0.6 is 11.6 Å². The van der Waals surface area contributed by atoms with Crippen LogP contribution < -0.4 is 30.7 Å². The molecule has 3 saturated heterocycles. The number of carbonyl (C=O) groups excluding carboxylic acids is 4. The maximum Gasteiger partial charge on any atom is 0.329 e. The molecule has 5 amide bonds. The third kappa shape index (κ3) is 8.51. The number of aryl methyl sites for hydroxylation is 1. The number of imide groups is 1. The normalized spacial score (nSPS) is 20.4. The second-order valence-corrected chi connectivity index (χ2v) is 18.3. The highest BCUT2D eigenvalue weighted by atomic mass is 35.5. The van der Waals surface area contributed by atoms with Crippen LogP contribution in [0.1, 0.15) is 77.9 Å². The zero-order valence-corrected chi connectivity index (χ0v) is 38.4. The van der Waals surface area contributed by atoms with Crippen LogP contribution in [0, 0.1) is 17.5 Å². The van der Waals surface area contributed by atoms with Crippen LogP contribution in [0.2, 0.25) is 5.02 Å². The molecular weight excluding hydrogens is 905 g/mol. The first-order valence-electron chi connectivity index (χ1n) is 22.8. The first kappa shape index (κ1) is 46.9.